The van der Waals surface area contributed by atoms with Crippen LogP contribution in [0.2, 0.25) is 0 Å². The van der Waals surface area contributed by atoms with Crippen molar-refractivity contribution in [2.45, 2.75) is 0 Å². The van der Waals surface area contributed by atoms with E-state index in [-0.39, 0.29) is 12.3 Å². The van der Waals surface area contributed by atoms with E-state index in [1.165, 1.54) is 0 Å². The minimum atomic E-state index is -4.56. The maximum Gasteiger partial charge on any atom is 0.397 e. The van der Waals surface area contributed by atoms with Crippen molar-refractivity contribution < 1.29 is 25.6 Å². The van der Waals surface area contributed by atoms with Crippen LogP contribution >= 0.6 is 0 Å². The van der Waals surface area contributed by atoms with Crippen molar-refractivity contribution in [2.24, 2.45) is 5.73 Å². The lowest BCUT2D eigenvalue weighted by Crippen LogP contribution is -2.22. The Labute approximate surface area is 76.8 Å². The van der Waals surface area contributed by atoms with E-state index >= 15 is 0 Å². The zero-order chi connectivity index (χ0) is 10.5. The first-order valence-corrected chi connectivity index (χ1v) is 6.48. The second kappa shape index (κ2) is 4.86. The number of nitrogens with two attached hydrogens (primary N) is 1. The van der Waals surface area contributed by atoms with Crippen LogP contribution in [0.5, 0.6) is 0 Å². The Balaban J connectivity index is 3.91. The summed E-state index contributed by atoms with van der Waals surface area (Å²) in [6.45, 7) is -0.630. The van der Waals surface area contributed by atoms with E-state index in [9.17, 15) is 16.8 Å². The molecule has 0 bridgehead atoms. The van der Waals surface area contributed by atoms with Crippen LogP contribution < -0.4 is 5.73 Å². The molecule has 0 heterocycles. The van der Waals surface area contributed by atoms with Crippen molar-refractivity contribution in [1.29, 1.82) is 0 Å². The van der Waals surface area contributed by atoms with E-state index < -0.39 is 32.6 Å². The highest BCUT2D eigenvalue weighted by Crippen LogP contribution is 1.92. The van der Waals surface area contributed by atoms with Crippen LogP contribution in [0, 0.1) is 0 Å². The van der Waals surface area contributed by atoms with Crippen LogP contribution in [0.15, 0.2) is 0 Å². The molecule has 0 amide bonds. The van der Waals surface area contributed by atoms with Crippen molar-refractivity contribution in [2.75, 3.05) is 24.7 Å². The fourth-order valence-corrected chi connectivity index (χ4v) is 1.85. The van der Waals surface area contributed by atoms with Gasteiger partial charge in [0.1, 0.15) is 0 Å². The minimum Gasteiger partial charge on any atom is -0.329 e. The molecule has 0 aliphatic heterocycles. The summed E-state index contributed by atoms with van der Waals surface area (Å²) in [5, 5.41) is 0. The summed E-state index contributed by atoms with van der Waals surface area (Å²) in [7, 11) is -7.94. The van der Waals surface area contributed by atoms with Gasteiger partial charge in [0, 0.05) is 6.54 Å². The standard InChI is InChI=1S/C4H11NO6S2/c5-1-3-12(6,7)4-2-11-13(8,9)10/h1-5H2,(H,8,9,10). The van der Waals surface area contributed by atoms with Crippen molar-refractivity contribution in [3.63, 3.8) is 0 Å². The lowest BCUT2D eigenvalue weighted by atomic mass is 10.8. The molecule has 0 radical (unpaired) electrons. The highest BCUT2D eigenvalue weighted by Gasteiger charge is 2.12. The van der Waals surface area contributed by atoms with Crippen LogP contribution in [-0.2, 0) is 24.4 Å². The van der Waals surface area contributed by atoms with E-state index in [0.717, 1.165) is 0 Å². The molecule has 0 unspecified atom stereocenters. The largest absolute Gasteiger partial charge is 0.397 e. The molecular weight excluding hydrogens is 222 g/mol. The second-order valence-corrected chi connectivity index (χ2v) is 5.59. The van der Waals surface area contributed by atoms with Gasteiger partial charge in [0.05, 0.1) is 18.1 Å². The molecule has 80 valence electrons. The summed E-state index contributed by atoms with van der Waals surface area (Å²) in [5.41, 5.74) is 4.98. The Kier molecular flexibility index (Phi) is 4.78. The van der Waals surface area contributed by atoms with Gasteiger partial charge in [-0.25, -0.2) is 12.6 Å². The Hall–Kier alpha value is -0.220. The maximum atomic E-state index is 10.9. The molecule has 0 aromatic carbocycles. The first kappa shape index (κ1) is 12.8. The van der Waals surface area contributed by atoms with Gasteiger partial charge in [-0.3, -0.25) is 4.55 Å². The van der Waals surface area contributed by atoms with Gasteiger partial charge in [-0.05, 0) is 0 Å². The predicted octanol–water partition coefficient (Wildman–Crippen LogP) is -1.82. The fraction of sp³-hybridized carbons (Fsp3) is 1.00. The SMILES string of the molecule is NCCS(=O)(=O)CCOS(=O)(=O)O. The van der Waals surface area contributed by atoms with E-state index in [4.69, 9.17) is 10.3 Å². The van der Waals surface area contributed by atoms with Gasteiger partial charge < -0.3 is 5.73 Å². The van der Waals surface area contributed by atoms with Crippen LogP contribution in [-0.4, -0.2) is 46.0 Å². The fourth-order valence-electron chi connectivity index (χ4n) is 0.548. The van der Waals surface area contributed by atoms with E-state index in [1.807, 2.05) is 0 Å². The zero-order valence-electron chi connectivity index (χ0n) is 6.71. The van der Waals surface area contributed by atoms with E-state index in [1.54, 1.807) is 0 Å². The van der Waals surface area contributed by atoms with Crippen molar-refractivity contribution in [3.8, 4) is 0 Å². The van der Waals surface area contributed by atoms with Crippen LogP contribution in [0.4, 0.5) is 0 Å². The number of sulfone groups is 1. The lowest BCUT2D eigenvalue weighted by Gasteiger charge is -2.01. The molecule has 0 aliphatic carbocycles. The molecular formula is C4H11NO6S2. The van der Waals surface area contributed by atoms with Gasteiger partial charge in [-0.2, -0.15) is 8.42 Å². The smallest absolute Gasteiger partial charge is 0.329 e. The summed E-state index contributed by atoms with van der Waals surface area (Å²) in [5.74, 6) is -0.716. The summed E-state index contributed by atoms with van der Waals surface area (Å²) >= 11 is 0. The van der Waals surface area contributed by atoms with Gasteiger partial charge in [0.25, 0.3) is 0 Å². The van der Waals surface area contributed by atoms with Crippen molar-refractivity contribution >= 4 is 20.2 Å². The maximum absolute atomic E-state index is 10.9. The van der Waals surface area contributed by atoms with Gasteiger partial charge in [-0.15, -0.1) is 0 Å². The zero-order valence-corrected chi connectivity index (χ0v) is 8.34. The Morgan fingerprint density at radius 3 is 2.08 bits per heavy atom. The van der Waals surface area contributed by atoms with Crippen LogP contribution in [0.1, 0.15) is 0 Å². The predicted molar refractivity (Wildman–Crippen MR) is 45.2 cm³/mol. The van der Waals surface area contributed by atoms with Gasteiger partial charge >= 0.3 is 10.4 Å². The molecule has 3 N–H and O–H groups in total. The first-order chi connectivity index (χ1) is 5.77. The summed E-state index contributed by atoms with van der Waals surface area (Å²) < 4.78 is 53.6. The summed E-state index contributed by atoms with van der Waals surface area (Å²) in [4.78, 5) is 0. The number of hydrogen-bond acceptors (Lipinski definition) is 6. The summed E-state index contributed by atoms with van der Waals surface area (Å²) in [6.07, 6.45) is 0. The van der Waals surface area contributed by atoms with Crippen molar-refractivity contribution in [1.82, 2.24) is 0 Å². The molecule has 0 atom stereocenters. The van der Waals surface area contributed by atoms with Gasteiger partial charge in [-0.1, -0.05) is 0 Å². The molecule has 7 nitrogen and oxygen atoms in total. The van der Waals surface area contributed by atoms with Crippen molar-refractivity contribution in [3.05, 3.63) is 0 Å². The highest BCUT2D eigenvalue weighted by atomic mass is 32.3. The lowest BCUT2D eigenvalue weighted by molar-refractivity contribution is 0.284. The Morgan fingerprint density at radius 1 is 1.15 bits per heavy atom. The molecule has 0 saturated heterocycles. The molecule has 0 saturated carbocycles. The third kappa shape index (κ3) is 8.12. The average molecular weight is 233 g/mol. The van der Waals surface area contributed by atoms with E-state index in [0.29, 0.717) is 0 Å². The number of hydrogen-bond donors (Lipinski definition) is 2. The Morgan fingerprint density at radius 2 is 1.69 bits per heavy atom. The normalized spacial score (nSPS) is 13.1. The van der Waals surface area contributed by atoms with Gasteiger partial charge in [0.2, 0.25) is 0 Å². The summed E-state index contributed by atoms with van der Waals surface area (Å²) in [6, 6.07) is 0. The monoisotopic (exact) mass is 233 g/mol. The third-order valence-corrected chi connectivity index (χ3v) is 3.17. The molecule has 9 heteroatoms. The van der Waals surface area contributed by atoms with Crippen LogP contribution in [0.25, 0.3) is 0 Å². The molecule has 0 aromatic heterocycles. The van der Waals surface area contributed by atoms with Crippen LogP contribution in [0.3, 0.4) is 0 Å². The second-order valence-electron chi connectivity index (χ2n) is 2.19. The van der Waals surface area contributed by atoms with E-state index in [2.05, 4.69) is 4.18 Å². The number of rotatable bonds is 6. The highest BCUT2D eigenvalue weighted by molar-refractivity contribution is 7.91. The quantitative estimate of drug-likeness (QED) is 0.517. The third-order valence-electron chi connectivity index (χ3n) is 1.06. The molecule has 0 aromatic rings. The van der Waals surface area contributed by atoms with Gasteiger partial charge in [0.15, 0.2) is 9.84 Å². The minimum absolute atomic E-state index is 0.0335. The molecule has 13 heavy (non-hydrogen) atoms. The molecule has 0 spiro atoms. The molecule has 0 fully saturated rings. The molecule has 0 rings (SSSR count). The Bertz CT molecular complexity index is 330. The average Bonchev–Trinajstić information content (AvgIpc) is 1.82. The topological polar surface area (TPSA) is 124 Å². The molecule has 0 aliphatic rings. The first-order valence-electron chi connectivity index (χ1n) is 3.29.